The van der Waals surface area contributed by atoms with Gasteiger partial charge in [-0.05, 0) is 79.4 Å². The Morgan fingerprint density at radius 1 is 0.974 bits per heavy atom. The van der Waals surface area contributed by atoms with Crippen LogP contribution >= 0.6 is 0 Å². The number of rotatable bonds is 7. The summed E-state index contributed by atoms with van der Waals surface area (Å²) in [5.41, 5.74) is 5.72. The van der Waals surface area contributed by atoms with Crippen molar-refractivity contribution in [2.45, 2.75) is 32.7 Å². The molecule has 5 nitrogen and oxygen atoms in total. The Balaban J connectivity index is 1.51. The number of amides is 1. The number of aromatic nitrogens is 3. The van der Waals surface area contributed by atoms with Crippen LogP contribution < -0.4 is 5.32 Å². The Morgan fingerprint density at radius 2 is 1.76 bits per heavy atom. The van der Waals surface area contributed by atoms with Crippen molar-refractivity contribution in [2.24, 2.45) is 0 Å². The molecule has 0 saturated carbocycles. The largest absolute Gasteiger partial charge is 0.361 e. The van der Waals surface area contributed by atoms with E-state index in [2.05, 4.69) is 20.3 Å². The fourth-order valence-corrected chi connectivity index (χ4v) is 4.63. The average Bonchev–Trinajstić information content (AvgIpc) is 3.26. The standard InChI is InChI=1S/C30H25F3N4O/c1-17-8-20(15-35-18(17)2)25-4-3-7-34-30(25)28(11-19-9-23(32)13-24(33)10-19)37-29(38)12-21-16-36-27-6-5-22(31)14-26(21)27/h3-10,13-16,28,36H,11-12H2,1-2H3,(H,37,38). The van der Waals surface area contributed by atoms with Crippen LogP contribution in [-0.2, 0) is 17.6 Å². The molecular weight excluding hydrogens is 489 g/mol. The summed E-state index contributed by atoms with van der Waals surface area (Å²) in [6, 6.07) is 12.6. The highest BCUT2D eigenvalue weighted by Crippen LogP contribution is 2.30. The molecule has 8 heteroatoms. The molecule has 5 rings (SSSR count). The number of aromatic amines is 1. The molecular formula is C30H25F3N4O. The molecule has 0 saturated heterocycles. The summed E-state index contributed by atoms with van der Waals surface area (Å²) in [6.07, 6.45) is 5.11. The number of H-pyrrole nitrogens is 1. The fraction of sp³-hybridized carbons (Fsp3) is 0.167. The minimum Gasteiger partial charge on any atom is -0.361 e. The van der Waals surface area contributed by atoms with Gasteiger partial charge in [-0.15, -0.1) is 0 Å². The van der Waals surface area contributed by atoms with Crippen molar-refractivity contribution in [3.05, 3.63) is 119 Å². The molecule has 0 radical (unpaired) electrons. The summed E-state index contributed by atoms with van der Waals surface area (Å²) in [4.78, 5) is 25.4. The highest BCUT2D eigenvalue weighted by atomic mass is 19.1. The second-order valence-corrected chi connectivity index (χ2v) is 9.35. The third kappa shape index (κ3) is 5.44. The van der Waals surface area contributed by atoms with Crippen molar-refractivity contribution < 1.29 is 18.0 Å². The van der Waals surface area contributed by atoms with E-state index in [1.807, 2.05) is 26.0 Å². The number of carbonyl (C=O) groups is 1. The van der Waals surface area contributed by atoms with Crippen molar-refractivity contribution in [1.29, 1.82) is 0 Å². The van der Waals surface area contributed by atoms with Crippen LogP contribution in [0, 0.1) is 31.3 Å². The zero-order chi connectivity index (χ0) is 26.8. The lowest BCUT2D eigenvalue weighted by molar-refractivity contribution is -0.121. The highest BCUT2D eigenvalue weighted by molar-refractivity contribution is 5.89. The van der Waals surface area contributed by atoms with Crippen LogP contribution in [0.3, 0.4) is 0 Å². The van der Waals surface area contributed by atoms with Gasteiger partial charge < -0.3 is 10.3 Å². The van der Waals surface area contributed by atoms with Gasteiger partial charge in [0.1, 0.15) is 17.5 Å². The highest BCUT2D eigenvalue weighted by Gasteiger charge is 2.22. The maximum absolute atomic E-state index is 14.0. The van der Waals surface area contributed by atoms with Gasteiger partial charge in [0.25, 0.3) is 0 Å². The van der Waals surface area contributed by atoms with Crippen LogP contribution in [0.15, 0.2) is 73.2 Å². The number of nitrogens with zero attached hydrogens (tertiary/aromatic N) is 2. The monoisotopic (exact) mass is 514 g/mol. The molecule has 5 aromatic rings. The number of hydrogen-bond acceptors (Lipinski definition) is 3. The van der Waals surface area contributed by atoms with Crippen LogP contribution in [0.4, 0.5) is 13.2 Å². The van der Waals surface area contributed by atoms with E-state index in [0.29, 0.717) is 22.2 Å². The zero-order valence-corrected chi connectivity index (χ0v) is 20.9. The third-order valence-corrected chi connectivity index (χ3v) is 6.60. The molecule has 0 aliphatic rings. The minimum atomic E-state index is -0.705. The summed E-state index contributed by atoms with van der Waals surface area (Å²) < 4.78 is 41.9. The van der Waals surface area contributed by atoms with E-state index in [4.69, 9.17) is 0 Å². The second kappa shape index (κ2) is 10.5. The molecule has 0 aliphatic heterocycles. The lowest BCUT2D eigenvalue weighted by atomic mass is 9.95. The van der Waals surface area contributed by atoms with Crippen LogP contribution in [0.1, 0.15) is 34.1 Å². The van der Waals surface area contributed by atoms with Crippen molar-refractivity contribution in [3.63, 3.8) is 0 Å². The van der Waals surface area contributed by atoms with Crippen LogP contribution in [0.5, 0.6) is 0 Å². The Morgan fingerprint density at radius 3 is 2.53 bits per heavy atom. The molecule has 1 amide bonds. The van der Waals surface area contributed by atoms with E-state index >= 15 is 0 Å². The molecule has 1 unspecified atom stereocenters. The van der Waals surface area contributed by atoms with E-state index in [0.717, 1.165) is 34.0 Å². The van der Waals surface area contributed by atoms with Crippen LogP contribution in [-0.4, -0.2) is 20.9 Å². The number of hydrogen-bond donors (Lipinski definition) is 2. The maximum Gasteiger partial charge on any atom is 0.225 e. The first-order chi connectivity index (χ1) is 18.3. The van der Waals surface area contributed by atoms with Gasteiger partial charge in [-0.1, -0.05) is 6.07 Å². The van der Waals surface area contributed by atoms with Gasteiger partial charge in [-0.3, -0.25) is 14.8 Å². The zero-order valence-electron chi connectivity index (χ0n) is 20.9. The lowest BCUT2D eigenvalue weighted by Crippen LogP contribution is -2.32. The Labute approximate surface area is 217 Å². The van der Waals surface area contributed by atoms with E-state index in [-0.39, 0.29) is 18.7 Å². The fourth-order valence-electron chi connectivity index (χ4n) is 4.63. The first-order valence-corrected chi connectivity index (χ1v) is 12.1. The number of benzene rings is 2. The quantitative estimate of drug-likeness (QED) is 0.268. The van der Waals surface area contributed by atoms with Gasteiger partial charge >= 0.3 is 0 Å². The maximum atomic E-state index is 14.0. The SMILES string of the molecule is Cc1cc(-c2cccnc2C(Cc2cc(F)cc(F)c2)NC(=O)Cc2c[nH]c3ccc(F)cc23)cnc1C. The molecule has 2 N–H and O–H groups in total. The molecule has 0 fully saturated rings. The predicted molar refractivity (Wildman–Crippen MR) is 140 cm³/mol. The van der Waals surface area contributed by atoms with Crippen molar-refractivity contribution in [2.75, 3.05) is 0 Å². The Hall–Kier alpha value is -4.46. The number of nitrogens with one attached hydrogen (secondary N) is 2. The predicted octanol–water partition coefficient (Wildman–Crippen LogP) is 6.30. The molecule has 192 valence electrons. The van der Waals surface area contributed by atoms with Gasteiger partial charge in [-0.2, -0.15) is 0 Å². The van der Waals surface area contributed by atoms with Gasteiger partial charge in [0.05, 0.1) is 18.2 Å². The van der Waals surface area contributed by atoms with Gasteiger partial charge in [0, 0.05) is 52.4 Å². The molecule has 3 heterocycles. The van der Waals surface area contributed by atoms with E-state index in [9.17, 15) is 18.0 Å². The van der Waals surface area contributed by atoms with Crippen molar-refractivity contribution in [1.82, 2.24) is 20.3 Å². The van der Waals surface area contributed by atoms with Crippen molar-refractivity contribution >= 4 is 16.8 Å². The third-order valence-electron chi connectivity index (χ3n) is 6.60. The summed E-state index contributed by atoms with van der Waals surface area (Å²) in [5, 5.41) is 3.61. The first-order valence-electron chi connectivity index (χ1n) is 12.1. The summed E-state index contributed by atoms with van der Waals surface area (Å²) in [5.74, 6) is -2.15. The van der Waals surface area contributed by atoms with E-state index < -0.39 is 23.5 Å². The average molecular weight is 515 g/mol. The van der Waals surface area contributed by atoms with Crippen LogP contribution in [0.25, 0.3) is 22.0 Å². The normalized spacial score (nSPS) is 12.0. The van der Waals surface area contributed by atoms with E-state index in [1.54, 1.807) is 30.7 Å². The molecule has 3 aromatic heterocycles. The molecule has 0 bridgehead atoms. The van der Waals surface area contributed by atoms with E-state index in [1.165, 1.54) is 24.3 Å². The molecule has 38 heavy (non-hydrogen) atoms. The number of carbonyl (C=O) groups excluding carboxylic acids is 1. The minimum absolute atomic E-state index is 0.0230. The molecule has 0 spiro atoms. The molecule has 0 aliphatic carbocycles. The summed E-state index contributed by atoms with van der Waals surface area (Å²) in [7, 11) is 0. The van der Waals surface area contributed by atoms with Gasteiger partial charge in [0.2, 0.25) is 5.91 Å². The Kier molecular flexibility index (Phi) is 6.96. The molecule has 1 atom stereocenters. The van der Waals surface area contributed by atoms with Gasteiger partial charge in [0.15, 0.2) is 0 Å². The van der Waals surface area contributed by atoms with Gasteiger partial charge in [-0.25, -0.2) is 13.2 Å². The number of fused-ring (bicyclic) bond motifs is 1. The number of aryl methyl sites for hydroxylation is 2. The summed E-state index contributed by atoms with van der Waals surface area (Å²) >= 11 is 0. The topological polar surface area (TPSA) is 70.7 Å². The number of halogens is 3. The summed E-state index contributed by atoms with van der Waals surface area (Å²) in [6.45, 7) is 3.88. The second-order valence-electron chi connectivity index (χ2n) is 9.35. The van der Waals surface area contributed by atoms with Crippen LogP contribution in [0.2, 0.25) is 0 Å². The smallest absolute Gasteiger partial charge is 0.225 e. The lowest BCUT2D eigenvalue weighted by Gasteiger charge is -2.22. The number of pyridine rings is 2. The molecule has 2 aromatic carbocycles. The van der Waals surface area contributed by atoms with Crippen molar-refractivity contribution in [3.8, 4) is 11.1 Å². The Bertz CT molecular complexity index is 1630. The first kappa shape index (κ1) is 25.2.